The van der Waals surface area contributed by atoms with E-state index in [1.165, 1.54) is 5.69 Å². The topological polar surface area (TPSA) is 157 Å². The molecule has 1 unspecified atom stereocenters. The Morgan fingerprint density at radius 3 is 2.22 bits per heavy atom. The number of fused-ring (bicyclic) bond motifs is 2. The number of alkyl halides is 3. The zero-order valence-corrected chi connectivity index (χ0v) is 35.0. The molecule has 63 heavy (non-hydrogen) atoms. The second-order valence-electron chi connectivity index (χ2n) is 16.8. The van der Waals surface area contributed by atoms with Crippen molar-refractivity contribution in [2.45, 2.75) is 51.4 Å². The predicted octanol–water partition coefficient (Wildman–Crippen LogP) is 7.02. The van der Waals surface area contributed by atoms with Gasteiger partial charge in [-0.2, -0.15) is 18.3 Å². The van der Waals surface area contributed by atoms with Crippen molar-refractivity contribution in [3.05, 3.63) is 107 Å². The van der Waals surface area contributed by atoms with E-state index in [-0.39, 0.29) is 23.8 Å². The minimum absolute atomic E-state index is 0.117. The maximum absolute atomic E-state index is 13.2. The van der Waals surface area contributed by atoms with Crippen LogP contribution in [0.15, 0.2) is 85.1 Å². The zero-order chi connectivity index (χ0) is 43.8. The molecule has 5 N–H and O–H groups in total. The lowest BCUT2D eigenvalue weighted by Gasteiger charge is -2.40. The number of nitrogens with one attached hydrogen (secondary N) is 3. The monoisotopic (exact) mass is 861 g/mol. The quantitative estimate of drug-likeness (QED) is 0.115. The van der Waals surface area contributed by atoms with Crippen LogP contribution in [0.4, 0.5) is 52.4 Å². The van der Waals surface area contributed by atoms with Crippen LogP contribution in [0, 0.1) is 5.92 Å². The number of piperidine rings is 1. The van der Waals surface area contributed by atoms with Gasteiger partial charge in [-0.3, -0.25) is 24.7 Å². The number of urea groups is 1. The smallest absolute Gasteiger partial charge is 0.372 e. The fourth-order valence-corrected chi connectivity index (χ4v) is 9.15. The number of hydrogen-bond donors (Lipinski definition) is 4. The summed E-state index contributed by atoms with van der Waals surface area (Å²) in [6.07, 6.45) is -0.0683. The third kappa shape index (κ3) is 9.00. The number of halogens is 3. The highest BCUT2D eigenvalue weighted by atomic mass is 19.4. The third-order valence-electron chi connectivity index (χ3n) is 12.7. The van der Waals surface area contributed by atoms with E-state index in [4.69, 9.17) is 10.8 Å². The van der Waals surface area contributed by atoms with Gasteiger partial charge in [0.15, 0.2) is 0 Å². The molecule has 4 aliphatic rings. The lowest BCUT2D eigenvalue weighted by molar-refractivity contribution is -0.137. The summed E-state index contributed by atoms with van der Waals surface area (Å²) in [5.74, 6) is 0.462. The standard InChI is InChI=1S/C46H50F3N11O3/c1-29(52-39-27-34(12-17-51-39)46(47,48)49)31-2-4-32(5-3-31)42-41(43(50)62)44-53-38-11-10-37(26-33(38)15-21-60(44)55-42)58-24-22-56(23-25-58)28-30-13-18-57(19-14-30)35-6-8-36(9-7-35)59-20-16-40(61)54-45(59)63/h2-12,17,26-27,29-30,53H,13-16,18-25,28H2,1H3,(H2,50,62)(H,51,52)(H,54,61,63). The number of carbonyl (C=O) groups is 3. The second-order valence-corrected chi connectivity index (χ2v) is 16.8. The van der Waals surface area contributed by atoms with Gasteiger partial charge in [0.05, 0.1) is 5.56 Å². The summed E-state index contributed by atoms with van der Waals surface area (Å²) in [4.78, 5) is 49.9. The van der Waals surface area contributed by atoms with Crippen LogP contribution in [-0.2, 0) is 23.9 Å². The molecule has 4 aliphatic heterocycles. The number of nitrogens with two attached hydrogens (primary N) is 1. The maximum Gasteiger partial charge on any atom is 0.416 e. The average molecular weight is 862 g/mol. The maximum atomic E-state index is 13.2. The molecule has 0 bridgehead atoms. The number of amides is 4. The third-order valence-corrected chi connectivity index (χ3v) is 12.7. The van der Waals surface area contributed by atoms with Gasteiger partial charge in [0.1, 0.15) is 22.9 Å². The number of hydrogen-bond acceptors (Lipinski definition) is 10. The van der Waals surface area contributed by atoms with Gasteiger partial charge >= 0.3 is 12.2 Å². The summed E-state index contributed by atoms with van der Waals surface area (Å²) in [5.41, 5.74) is 12.6. The molecule has 328 valence electrons. The minimum Gasteiger partial charge on any atom is -0.372 e. The Hall–Kier alpha value is -6.62. The van der Waals surface area contributed by atoms with Crippen molar-refractivity contribution in [1.82, 2.24) is 25.0 Å². The van der Waals surface area contributed by atoms with Crippen molar-refractivity contribution >= 4 is 52.2 Å². The zero-order valence-electron chi connectivity index (χ0n) is 35.0. The lowest BCUT2D eigenvalue weighted by Crippen LogP contribution is -2.49. The fourth-order valence-electron chi connectivity index (χ4n) is 9.15. The van der Waals surface area contributed by atoms with E-state index in [1.54, 1.807) is 9.58 Å². The highest BCUT2D eigenvalue weighted by molar-refractivity contribution is 6.06. The number of primary amides is 1. The first-order chi connectivity index (χ1) is 30.4. The Balaban J connectivity index is 0.780. The van der Waals surface area contributed by atoms with E-state index in [0.717, 1.165) is 105 Å². The van der Waals surface area contributed by atoms with Crippen LogP contribution in [-0.4, -0.2) is 89.9 Å². The van der Waals surface area contributed by atoms with Crippen LogP contribution in [0.3, 0.4) is 0 Å². The number of aromatic nitrogens is 3. The molecule has 2 aromatic heterocycles. The van der Waals surface area contributed by atoms with Crippen molar-refractivity contribution in [3.63, 3.8) is 0 Å². The molecule has 1 atom stereocenters. The molecular weight excluding hydrogens is 812 g/mol. The van der Waals surface area contributed by atoms with E-state index in [2.05, 4.69) is 66.0 Å². The van der Waals surface area contributed by atoms with Crippen molar-refractivity contribution in [3.8, 4) is 11.3 Å². The SMILES string of the molecule is CC(Nc1cc(C(F)(F)F)ccn1)c1ccc(-c2nn3c(c2C(N)=O)Nc2ccc(N4CCN(CC5CCN(c6ccc(N7CCC(=O)NC7=O)cc6)CC5)CC4)cc2CC3)cc1. The first-order valence-corrected chi connectivity index (χ1v) is 21.5. The Bertz CT molecular complexity index is 2490. The minimum atomic E-state index is -4.47. The fraction of sp³-hybridized carbons (Fsp3) is 0.370. The van der Waals surface area contributed by atoms with E-state index in [0.29, 0.717) is 54.5 Å². The highest BCUT2D eigenvalue weighted by Crippen LogP contribution is 2.37. The molecular formula is C46H50F3N11O3. The van der Waals surface area contributed by atoms with Crippen LogP contribution in [0.5, 0.6) is 0 Å². The van der Waals surface area contributed by atoms with E-state index >= 15 is 0 Å². The molecule has 3 aromatic carbocycles. The molecule has 6 heterocycles. The predicted molar refractivity (Wildman–Crippen MR) is 236 cm³/mol. The number of piperazine rings is 1. The Morgan fingerprint density at radius 1 is 0.825 bits per heavy atom. The van der Waals surface area contributed by atoms with Crippen LogP contribution in [0.1, 0.15) is 59.3 Å². The number of pyridine rings is 1. The highest BCUT2D eigenvalue weighted by Gasteiger charge is 2.32. The summed E-state index contributed by atoms with van der Waals surface area (Å²) in [6.45, 7) is 9.72. The molecule has 0 radical (unpaired) electrons. The number of rotatable bonds is 10. The molecule has 4 amide bonds. The number of nitrogens with zero attached hydrogens (tertiary/aromatic N) is 7. The molecule has 0 spiro atoms. The molecule has 5 aromatic rings. The summed E-state index contributed by atoms with van der Waals surface area (Å²) < 4.78 is 41.5. The van der Waals surface area contributed by atoms with Gasteiger partial charge in [-0.1, -0.05) is 24.3 Å². The van der Waals surface area contributed by atoms with Gasteiger partial charge in [-0.05, 0) is 97.8 Å². The van der Waals surface area contributed by atoms with Gasteiger partial charge in [-0.25, -0.2) is 14.5 Å². The number of imide groups is 1. The van der Waals surface area contributed by atoms with Crippen molar-refractivity contribution in [2.75, 3.05) is 77.7 Å². The van der Waals surface area contributed by atoms with Crippen LogP contribution >= 0.6 is 0 Å². The molecule has 17 heteroatoms. The number of benzene rings is 3. The van der Waals surface area contributed by atoms with Crippen LogP contribution in [0.25, 0.3) is 11.3 Å². The van der Waals surface area contributed by atoms with Gasteiger partial charge in [-0.15, -0.1) is 0 Å². The number of aryl methyl sites for hydroxylation is 2. The van der Waals surface area contributed by atoms with Crippen molar-refractivity contribution in [1.29, 1.82) is 0 Å². The Labute approximate surface area is 363 Å². The van der Waals surface area contributed by atoms with Gasteiger partial charge in [0.2, 0.25) is 5.91 Å². The van der Waals surface area contributed by atoms with Gasteiger partial charge in [0.25, 0.3) is 5.91 Å². The Kier molecular flexibility index (Phi) is 11.4. The van der Waals surface area contributed by atoms with Gasteiger partial charge in [0, 0.05) is 106 Å². The van der Waals surface area contributed by atoms with Gasteiger partial charge < -0.3 is 26.2 Å². The molecule has 14 nitrogen and oxygen atoms in total. The largest absolute Gasteiger partial charge is 0.416 e. The molecule has 0 aliphatic carbocycles. The molecule has 0 saturated carbocycles. The molecule has 3 fully saturated rings. The summed E-state index contributed by atoms with van der Waals surface area (Å²) in [6, 6.07) is 23.1. The van der Waals surface area contributed by atoms with E-state index in [1.807, 2.05) is 43.3 Å². The normalized spacial score (nSPS) is 17.9. The van der Waals surface area contributed by atoms with Crippen LogP contribution < -0.4 is 36.4 Å². The first kappa shape index (κ1) is 41.7. The first-order valence-electron chi connectivity index (χ1n) is 21.5. The lowest BCUT2D eigenvalue weighted by atomic mass is 9.95. The molecule has 3 saturated heterocycles. The van der Waals surface area contributed by atoms with E-state index < -0.39 is 17.6 Å². The average Bonchev–Trinajstić information content (AvgIpc) is 3.55. The summed E-state index contributed by atoms with van der Waals surface area (Å²) in [7, 11) is 0. The second kappa shape index (κ2) is 17.3. The van der Waals surface area contributed by atoms with Crippen molar-refractivity contribution in [2.24, 2.45) is 11.7 Å². The van der Waals surface area contributed by atoms with E-state index in [9.17, 15) is 27.6 Å². The van der Waals surface area contributed by atoms with Crippen molar-refractivity contribution < 1.29 is 27.6 Å². The Morgan fingerprint density at radius 2 is 1.52 bits per heavy atom. The molecule has 9 rings (SSSR count). The summed E-state index contributed by atoms with van der Waals surface area (Å²) >= 11 is 0. The number of carbonyl (C=O) groups excluding carboxylic acids is 3. The summed E-state index contributed by atoms with van der Waals surface area (Å²) in [5, 5.41) is 13.8. The number of anilines is 6. The van der Waals surface area contributed by atoms with Crippen LogP contribution in [0.2, 0.25) is 0 Å².